The van der Waals surface area contributed by atoms with E-state index in [9.17, 15) is 23.1 Å². The van der Waals surface area contributed by atoms with Gasteiger partial charge in [-0.25, -0.2) is 18.0 Å². The minimum Gasteiger partial charge on any atom is -0.478 e. The Labute approximate surface area is 191 Å². The lowest BCUT2D eigenvalue weighted by Gasteiger charge is -2.08. The highest BCUT2D eigenvalue weighted by Crippen LogP contribution is 2.37. The van der Waals surface area contributed by atoms with E-state index >= 15 is 0 Å². The van der Waals surface area contributed by atoms with Gasteiger partial charge >= 0.3 is 12.0 Å². The number of carbonyl (C=O) groups excluding carboxylic acids is 1. The molecule has 2 aromatic carbocycles. The molecule has 3 aromatic rings. The van der Waals surface area contributed by atoms with Gasteiger partial charge in [0.25, 0.3) is 0 Å². The van der Waals surface area contributed by atoms with Crippen molar-refractivity contribution < 1.29 is 23.1 Å². The molecule has 0 radical (unpaired) electrons. The van der Waals surface area contributed by atoms with Crippen LogP contribution in [-0.4, -0.2) is 31.8 Å². The van der Waals surface area contributed by atoms with Crippen LogP contribution in [0.15, 0.2) is 48.5 Å². The highest BCUT2D eigenvalue weighted by atomic mass is 35.5. The molecule has 0 aliphatic heterocycles. The third-order valence-corrected chi connectivity index (χ3v) is 6.28. The number of carbonyl (C=O) groups is 2. The van der Waals surface area contributed by atoms with Gasteiger partial charge in [-0.05, 0) is 48.0 Å². The zero-order chi connectivity index (χ0) is 22.8. The third-order valence-electron chi connectivity index (χ3n) is 3.84. The molecule has 0 bridgehead atoms. The van der Waals surface area contributed by atoms with E-state index in [4.69, 9.17) is 23.2 Å². The summed E-state index contributed by atoms with van der Waals surface area (Å²) in [5.74, 6) is -1.20. The smallest absolute Gasteiger partial charge is 0.338 e. The Kier molecular flexibility index (Phi) is 6.75. The van der Waals surface area contributed by atoms with Crippen LogP contribution in [0.2, 0.25) is 10.0 Å². The average molecular weight is 500 g/mol. The molecule has 162 valence electrons. The summed E-state index contributed by atoms with van der Waals surface area (Å²) in [6.45, 7) is 0. The first-order chi connectivity index (χ1) is 14.5. The van der Waals surface area contributed by atoms with Crippen LogP contribution in [-0.2, 0) is 10.0 Å². The number of thiophene rings is 1. The first kappa shape index (κ1) is 22.9. The molecule has 0 atom stereocenters. The van der Waals surface area contributed by atoms with Gasteiger partial charge in [0.05, 0.1) is 21.9 Å². The predicted octanol–water partition coefficient (Wildman–Crippen LogP) is 5.44. The SMILES string of the molecule is CS(=O)(=O)Nc1ccc(NC(=O)Nc2sc(-c3ccc(Cl)c(Cl)c3)cc2C(=O)O)cc1. The van der Waals surface area contributed by atoms with Crippen molar-refractivity contribution in [3.05, 3.63) is 64.1 Å². The lowest BCUT2D eigenvalue weighted by atomic mass is 10.1. The van der Waals surface area contributed by atoms with Crippen LogP contribution in [0.3, 0.4) is 0 Å². The molecule has 0 fully saturated rings. The molecule has 1 heterocycles. The predicted molar refractivity (Wildman–Crippen MR) is 124 cm³/mol. The number of amides is 2. The summed E-state index contributed by atoms with van der Waals surface area (Å²) in [5, 5.41) is 15.4. The van der Waals surface area contributed by atoms with Crippen LogP contribution in [0, 0.1) is 0 Å². The minimum atomic E-state index is -3.41. The number of anilines is 3. The van der Waals surface area contributed by atoms with Crippen LogP contribution in [0.1, 0.15) is 10.4 Å². The summed E-state index contributed by atoms with van der Waals surface area (Å²) in [5.41, 5.74) is 1.30. The van der Waals surface area contributed by atoms with Crippen LogP contribution < -0.4 is 15.4 Å². The topological polar surface area (TPSA) is 125 Å². The molecule has 0 saturated carbocycles. The minimum absolute atomic E-state index is 0.0751. The van der Waals surface area contributed by atoms with Crippen LogP contribution >= 0.6 is 34.5 Å². The molecule has 31 heavy (non-hydrogen) atoms. The van der Waals surface area contributed by atoms with Gasteiger partial charge in [0.2, 0.25) is 10.0 Å². The van der Waals surface area contributed by atoms with Crippen molar-refractivity contribution in [1.82, 2.24) is 0 Å². The highest BCUT2D eigenvalue weighted by Gasteiger charge is 2.19. The second-order valence-corrected chi connectivity index (χ2v) is 9.93. The fourth-order valence-electron chi connectivity index (χ4n) is 2.54. The fraction of sp³-hybridized carbons (Fsp3) is 0.0526. The second kappa shape index (κ2) is 9.15. The number of rotatable bonds is 6. The molecule has 0 spiro atoms. The summed E-state index contributed by atoms with van der Waals surface area (Å²) in [6, 6.07) is 11.6. The van der Waals surface area contributed by atoms with Gasteiger partial charge in [0.15, 0.2) is 0 Å². The van der Waals surface area contributed by atoms with E-state index in [2.05, 4.69) is 15.4 Å². The molecule has 3 rings (SSSR count). The fourth-order valence-corrected chi connectivity index (χ4v) is 4.44. The molecule has 0 saturated heterocycles. The molecule has 0 unspecified atom stereocenters. The van der Waals surface area contributed by atoms with Crippen molar-refractivity contribution in [2.45, 2.75) is 0 Å². The quantitative estimate of drug-likeness (QED) is 0.359. The van der Waals surface area contributed by atoms with E-state index < -0.39 is 22.0 Å². The zero-order valence-corrected chi connectivity index (χ0v) is 18.9. The standard InChI is InChI=1S/C19H15Cl2N3O5S2/c1-31(28,29)24-12-5-3-11(4-6-12)22-19(27)23-17-13(18(25)26)9-16(30-17)10-2-7-14(20)15(21)8-10/h2-9,24H,1H3,(H,25,26)(H2,22,23,27). The number of sulfonamides is 1. The van der Waals surface area contributed by atoms with Gasteiger partial charge in [-0.15, -0.1) is 11.3 Å². The summed E-state index contributed by atoms with van der Waals surface area (Å²) in [7, 11) is -3.41. The Morgan fingerprint density at radius 1 is 0.935 bits per heavy atom. The number of benzene rings is 2. The van der Waals surface area contributed by atoms with E-state index in [1.807, 2.05) is 0 Å². The van der Waals surface area contributed by atoms with Crippen LogP contribution in [0.5, 0.6) is 0 Å². The molecule has 4 N–H and O–H groups in total. The molecular formula is C19H15Cl2N3O5S2. The van der Waals surface area contributed by atoms with Gasteiger partial charge in [-0.3, -0.25) is 10.0 Å². The van der Waals surface area contributed by atoms with Gasteiger partial charge in [0, 0.05) is 16.3 Å². The van der Waals surface area contributed by atoms with E-state index in [1.54, 1.807) is 18.2 Å². The number of hydrogen-bond donors (Lipinski definition) is 4. The maximum Gasteiger partial charge on any atom is 0.338 e. The lowest BCUT2D eigenvalue weighted by Crippen LogP contribution is -2.20. The first-order valence-corrected chi connectivity index (χ1v) is 12.0. The number of halogens is 2. The van der Waals surface area contributed by atoms with E-state index in [0.29, 0.717) is 31.9 Å². The van der Waals surface area contributed by atoms with Crippen molar-refractivity contribution in [3.63, 3.8) is 0 Å². The Balaban J connectivity index is 1.76. The van der Waals surface area contributed by atoms with Gasteiger partial charge in [-0.2, -0.15) is 0 Å². The van der Waals surface area contributed by atoms with Crippen molar-refractivity contribution in [2.24, 2.45) is 0 Å². The molecule has 0 aliphatic carbocycles. The Morgan fingerprint density at radius 3 is 2.16 bits per heavy atom. The average Bonchev–Trinajstić information content (AvgIpc) is 3.08. The molecule has 8 nitrogen and oxygen atoms in total. The van der Waals surface area contributed by atoms with Crippen LogP contribution in [0.25, 0.3) is 10.4 Å². The maximum atomic E-state index is 12.4. The molecule has 2 amide bonds. The number of urea groups is 1. The lowest BCUT2D eigenvalue weighted by molar-refractivity contribution is 0.0698. The normalized spacial score (nSPS) is 11.1. The van der Waals surface area contributed by atoms with Gasteiger partial charge in [0.1, 0.15) is 5.00 Å². The number of carboxylic acid groups (broad SMARTS) is 1. The van der Waals surface area contributed by atoms with Crippen molar-refractivity contribution in [1.29, 1.82) is 0 Å². The Bertz CT molecular complexity index is 1260. The Hall–Kier alpha value is -2.79. The largest absolute Gasteiger partial charge is 0.478 e. The van der Waals surface area contributed by atoms with E-state index in [-0.39, 0.29) is 10.6 Å². The summed E-state index contributed by atoms with van der Waals surface area (Å²) in [6.07, 6.45) is 1.03. The maximum absolute atomic E-state index is 12.4. The highest BCUT2D eigenvalue weighted by molar-refractivity contribution is 7.92. The second-order valence-electron chi connectivity index (χ2n) is 6.32. The number of nitrogens with one attached hydrogen (secondary N) is 3. The van der Waals surface area contributed by atoms with Crippen molar-refractivity contribution in [2.75, 3.05) is 21.6 Å². The first-order valence-electron chi connectivity index (χ1n) is 8.50. The Morgan fingerprint density at radius 2 is 1.58 bits per heavy atom. The number of aromatic carboxylic acids is 1. The zero-order valence-electron chi connectivity index (χ0n) is 15.8. The van der Waals surface area contributed by atoms with Gasteiger partial charge < -0.3 is 10.4 Å². The summed E-state index contributed by atoms with van der Waals surface area (Å²) in [4.78, 5) is 24.6. The molecule has 12 heteroatoms. The molecule has 0 aliphatic rings. The third kappa shape index (κ3) is 6.11. The molecular weight excluding hydrogens is 485 g/mol. The molecule has 1 aromatic heterocycles. The summed E-state index contributed by atoms with van der Waals surface area (Å²) < 4.78 is 24.8. The number of carboxylic acids is 1. The van der Waals surface area contributed by atoms with E-state index in [0.717, 1.165) is 17.6 Å². The monoisotopic (exact) mass is 499 g/mol. The number of hydrogen-bond acceptors (Lipinski definition) is 5. The van der Waals surface area contributed by atoms with Gasteiger partial charge in [-0.1, -0.05) is 29.3 Å². The van der Waals surface area contributed by atoms with E-state index in [1.165, 1.54) is 30.3 Å². The van der Waals surface area contributed by atoms with Crippen molar-refractivity contribution >= 4 is 72.9 Å². The van der Waals surface area contributed by atoms with Crippen molar-refractivity contribution in [3.8, 4) is 10.4 Å². The summed E-state index contributed by atoms with van der Waals surface area (Å²) >= 11 is 13.0. The van der Waals surface area contributed by atoms with Crippen LogP contribution in [0.4, 0.5) is 21.2 Å².